The summed E-state index contributed by atoms with van der Waals surface area (Å²) in [5.41, 5.74) is 19.6. The van der Waals surface area contributed by atoms with Gasteiger partial charge < -0.3 is 19.6 Å². The van der Waals surface area contributed by atoms with Crippen LogP contribution in [0.2, 0.25) is 0 Å². The van der Waals surface area contributed by atoms with Crippen molar-refractivity contribution in [3.8, 4) is 11.1 Å². The lowest BCUT2D eigenvalue weighted by Crippen LogP contribution is -2.33. The average Bonchev–Trinajstić information content (AvgIpc) is 3.37. The summed E-state index contributed by atoms with van der Waals surface area (Å²) in [5, 5.41) is 0. The summed E-state index contributed by atoms with van der Waals surface area (Å²) in [6.45, 7) is 8.86. The molecular formula is C64H62N4. The van der Waals surface area contributed by atoms with E-state index in [1.54, 1.807) is 0 Å². The Hall–Kier alpha value is -7.56. The van der Waals surface area contributed by atoms with Gasteiger partial charge in [-0.1, -0.05) is 110 Å². The van der Waals surface area contributed by atoms with E-state index in [0.717, 1.165) is 55.6 Å². The molecule has 0 heterocycles. The molecule has 0 saturated carbocycles. The van der Waals surface area contributed by atoms with Gasteiger partial charge in [0.25, 0.3) is 0 Å². The maximum absolute atomic E-state index is 2.55. The minimum atomic E-state index is 0.402. The zero-order valence-electron chi connectivity index (χ0n) is 40.0. The molecule has 0 amide bonds. The highest BCUT2D eigenvalue weighted by molar-refractivity contribution is 5.80. The lowest BCUT2D eigenvalue weighted by molar-refractivity contribution is 0.502. The third kappa shape index (κ3) is 9.78. The SMILES string of the molecule is Cc1cccc(N(C2=CC=C(N(C3=CC=CCC3)c3ccc(-c4ccc(N(c5ccccc5)c5ccc(N(c6cccc(C)c6)C6CC=CC(C)C6)cc5)cc4)cc3)CC2)c2cccc(C)c2)c1. The second-order valence-electron chi connectivity index (χ2n) is 18.8. The number of hydrogen-bond donors (Lipinski definition) is 0. The fraction of sp³-hybridized carbons (Fsp3) is 0.188. The summed E-state index contributed by atoms with van der Waals surface area (Å²) in [6.07, 6.45) is 22.3. The zero-order valence-corrected chi connectivity index (χ0v) is 40.0. The second kappa shape index (κ2) is 20.1. The molecule has 0 fully saturated rings. The Morgan fingerprint density at radius 2 is 0.868 bits per heavy atom. The molecule has 0 aliphatic heterocycles. The van der Waals surface area contributed by atoms with Gasteiger partial charge >= 0.3 is 0 Å². The molecule has 7 aromatic carbocycles. The van der Waals surface area contributed by atoms with Gasteiger partial charge in [-0.3, -0.25) is 0 Å². The number of aryl methyl sites for hydroxylation is 3. The fourth-order valence-electron chi connectivity index (χ4n) is 10.3. The molecule has 0 bridgehead atoms. The monoisotopic (exact) mass is 886 g/mol. The van der Waals surface area contributed by atoms with Crippen LogP contribution in [0.5, 0.6) is 0 Å². The van der Waals surface area contributed by atoms with Crippen molar-refractivity contribution >= 4 is 45.5 Å². The zero-order chi connectivity index (χ0) is 46.4. The quantitative estimate of drug-likeness (QED) is 0.107. The summed E-state index contributed by atoms with van der Waals surface area (Å²) in [6, 6.07) is 65.2. The van der Waals surface area contributed by atoms with Crippen molar-refractivity contribution in [2.24, 2.45) is 5.92 Å². The molecule has 7 aromatic rings. The summed E-state index contributed by atoms with van der Waals surface area (Å²) in [4.78, 5) is 9.86. The van der Waals surface area contributed by atoms with Crippen LogP contribution in [0.25, 0.3) is 11.1 Å². The van der Waals surface area contributed by atoms with E-state index in [2.05, 4.69) is 266 Å². The first-order chi connectivity index (χ1) is 33.3. The number of hydrogen-bond acceptors (Lipinski definition) is 4. The molecule has 0 saturated heterocycles. The molecule has 2 atom stereocenters. The molecule has 4 nitrogen and oxygen atoms in total. The molecule has 10 rings (SSSR count). The van der Waals surface area contributed by atoms with Gasteiger partial charge in [-0.25, -0.2) is 0 Å². The average molecular weight is 887 g/mol. The number of allylic oxidation sites excluding steroid dienone is 9. The van der Waals surface area contributed by atoms with E-state index >= 15 is 0 Å². The van der Waals surface area contributed by atoms with E-state index < -0.39 is 0 Å². The maximum Gasteiger partial charge on any atom is 0.0463 e. The fourth-order valence-corrected chi connectivity index (χ4v) is 10.3. The predicted molar refractivity (Wildman–Crippen MR) is 290 cm³/mol. The van der Waals surface area contributed by atoms with Crippen molar-refractivity contribution in [2.45, 2.75) is 72.3 Å². The highest BCUT2D eigenvalue weighted by Gasteiger charge is 2.26. The van der Waals surface area contributed by atoms with E-state index in [4.69, 9.17) is 0 Å². The summed E-state index contributed by atoms with van der Waals surface area (Å²) >= 11 is 0. The minimum absolute atomic E-state index is 0.402. The smallest absolute Gasteiger partial charge is 0.0463 e. The van der Waals surface area contributed by atoms with Gasteiger partial charge in [-0.2, -0.15) is 0 Å². The van der Waals surface area contributed by atoms with Crippen molar-refractivity contribution in [1.82, 2.24) is 0 Å². The molecule has 0 N–H and O–H groups in total. The first kappa shape index (κ1) is 44.3. The van der Waals surface area contributed by atoms with Gasteiger partial charge in [0.05, 0.1) is 0 Å². The predicted octanol–water partition coefficient (Wildman–Crippen LogP) is 17.7. The van der Waals surface area contributed by atoms with Crippen molar-refractivity contribution in [3.63, 3.8) is 0 Å². The lowest BCUT2D eigenvalue weighted by atomic mass is 9.91. The summed E-state index contributed by atoms with van der Waals surface area (Å²) in [5.74, 6) is 0.555. The van der Waals surface area contributed by atoms with Crippen LogP contribution >= 0.6 is 0 Å². The Kier molecular flexibility index (Phi) is 13.1. The van der Waals surface area contributed by atoms with Crippen LogP contribution in [-0.2, 0) is 0 Å². The van der Waals surface area contributed by atoms with Gasteiger partial charge in [0, 0.05) is 68.6 Å². The van der Waals surface area contributed by atoms with Crippen molar-refractivity contribution in [3.05, 3.63) is 252 Å². The van der Waals surface area contributed by atoms with Crippen LogP contribution in [0.15, 0.2) is 236 Å². The minimum Gasteiger partial charge on any atom is -0.338 e. The van der Waals surface area contributed by atoms with E-state index in [-0.39, 0.29) is 0 Å². The summed E-state index contributed by atoms with van der Waals surface area (Å²) in [7, 11) is 0. The van der Waals surface area contributed by atoms with Gasteiger partial charge in [0.2, 0.25) is 0 Å². The molecular weight excluding hydrogens is 825 g/mol. The number of benzene rings is 7. The molecule has 4 heteroatoms. The highest BCUT2D eigenvalue weighted by Crippen LogP contribution is 2.42. The van der Waals surface area contributed by atoms with Crippen molar-refractivity contribution in [2.75, 3.05) is 19.6 Å². The summed E-state index contributed by atoms with van der Waals surface area (Å²) < 4.78 is 0. The van der Waals surface area contributed by atoms with E-state index in [1.165, 1.54) is 73.3 Å². The molecule has 0 aromatic heterocycles. The normalized spacial score (nSPS) is 16.6. The molecule has 338 valence electrons. The Labute approximate surface area is 404 Å². The largest absolute Gasteiger partial charge is 0.338 e. The van der Waals surface area contributed by atoms with Crippen molar-refractivity contribution < 1.29 is 0 Å². The third-order valence-electron chi connectivity index (χ3n) is 13.6. The van der Waals surface area contributed by atoms with Gasteiger partial charge in [-0.15, -0.1) is 0 Å². The maximum atomic E-state index is 2.55. The number of nitrogens with zero attached hydrogens (tertiary/aromatic N) is 4. The van der Waals surface area contributed by atoms with Crippen LogP contribution in [-0.4, -0.2) is 6.04 Å². The lowest BCUT2D eigenvalue weighted by Gasteiger charge is -2.37. The van der Waals surface area contributed by atoms with Crippen LogP contribution in [0.4, 0.5) is 45.5 Å². The topological polar surface area (TPSA) is 13.0 Å². The molecule has 3 aliphatic carbocycles. The van der Waals surface area contributed by atoms with Crippen LogP contribution < -0.4 is 19.6 Å². The standard InChI is InChI=1S/C64H62N4/c1-47-15-11-23-61(43-47)67(62-24-12-16-48(2)44-62)59-39-35-57(36-40-59)65(53-19-7-5-8-20-53)55-31-27-51(28-32-55)52-29-33-56(34-30-52)66(54-21-9-6-10-22-54)58-37-41-60(42-38-58)68(63-25-13-17-49(3)45-63)64-26-14-18-50(4)46-64/h5-9,11-21,23,25-37,39-41,43,45-46,48,62H,10,22,24,38,42,44H2,1-4H3. The third-order valence-corrected chi connectivity index (χ3v) is 13.6. The van der Waals surface area contributed by atoms with Crippen LogP contribution in [0.3, 0.4) is 0 Å². The molecule has 68 heavy (non-hydrogen) atoms. The van der Waals surface area contributed by atoms with Crippen LogP contribution in [0, 0.1) is 26.7 Å². The first-order valence-corrected chi connectivity index (χ1v) is 24.5. The Morgan fingerprint density at radius 1 is 0.397 bits per heavy atom. The second-order valence-corrected chi connectivity index (χ2v) is 18.8. The van der Waals surface area contributed by atoms with Gasteiger partial charge in [-0.05, 0) is 208 Å². The number of rotatable bonds is 13. The molecule has 2 unspecified atom stereocenters. The Bertz CT molecular complexity index is 2960. The highest BCUT2D eigenvalue weighted by atomic mass is 15.2. The molecule has 0 spiro atoms. The Balaban J connectivity index is 0.924. The Morgan fingerprint density at radius 3 is 1.40 bits per heavy atom. The molecule has 0 radical (unpaired) electrons. The number of para-hydroxylation sites is 1. The van der Waals surface area contributed by atoms with Gasteiger partial charge in [0.1, 0.15) is 0 Å². The van der Waals surface area contributed by atoms with Gasteiger partial charge in [0.15, 0.2) is 0 Å². The van der Waals surface area contributed by atoms with E-state index in [9.17, 15) is 0 Å². The van der Waals surface area contributed by atoms with E-state index in [1.807, 2.05) is 0 Å². The van der Waals surface area contributed by atoms with Crippen molar-refractivity contribution in [1.29, 1.82) is 0 Å². The van der Waals surface area contributed by atoms with Crippen LogP contribution in [0.1, 0.15) is 62.1 Å². The molecule has 3 aliphatic rings. The van der Waals surface area contributed by atoms with E-state index in [0.29, 0.717) is 12.0 Å². The number of anilines is 8. The first-order valence-electron chi connectivity index (χ1n) is 24.5.